The van der Waals surface area contributed by atoms with E-state index in [2.05, 4.69) is 10.2 Å². The lowest BCUT2D eigenvalue weighted by Gasteiger charge is -2.31. The third kappa shape index (κ3) is 4.72. The topological polar surface area (TPSA) is 50.8 Å². The molecule has 0 amide bonds. The van der Waals surface area contributed by atoms with Crippen LogP contribution in [0, 0.1) is 0 Å². The Balaban J connectivity index is 1.86. The highest BCUT2D eigenvalue weighted by molar-refractivity contribution is 5.80. The molecule has 1 heterocycles. The van der Waals surface area contributed by atoms with E-state index in [9.17, 15) is 4.79 Å². The molecule has 1 saturated heterocycles. The second-order valence-electron chi connectivity index (χ2n) is 6.03. The predicted molar refractivity (Wildman–Crippen MR) is 77.7 cm³/mol. The van der Waals surface area contributed by atoms with Crippen LogP contribution in [0.15, 0.2) is 0 Å². The zero-order valence-electron chi connectivity index (χ0n) is 12.8. The Morgan fingerprint density at radius 1 is 1.40 bits per heavy atom. The van der Waals surface area contributed by atoms with Crippen molar-refractivity contribution in [2.45, 2.75) is 51.1 Å². The van der Waals surface area contributed by atoms with Crippen molar-refractivity contribution in [3.05, 3.63) is 0 Å². The summed E-state index contributed by atoms with van der Waals surface area (Å²) in [6.07, 6.45) is 4.22. The first-order valence-corrected chi connectivity index (χ1v) is 7.89. The van der Waals surface area contributed by atoms with E-state index in [1.807, 2.05) is 13.8 Å². The zero-order valence-corrected chi connectivity index (χ0v) is 12.8. The number of hydrogen-bond donors (Lipinski definition) is 1. The molecule has 2 fully saturated rings. The second-order valence-corrected chi connectivity index (χ2v) is 6.03. The summed E-state index contributed by atoms with van der Waals surface area (Å²) in [5.74, 6) is -0.113. The minimum Gasteiger partial charge on any atom is -0.465 e. The van der Waals surface area contributed by atoms with Gasteiger partial charge in [0.25, 0.3) is 0 Å². The van der Waals surface area contributed by atoms with Crippen molar-refractivity contribution in [2.24, 2.45) is 0 Å². The van der Waals surface area contributed by atoms with Crippen LogP contribution < -0.4 is 5.32 Å². The minimum atomic E-state index is -0.551. The highest BCUT2D eigenvalue weighted by Gasteiger charge is 2.39. The molecule has 1 unspecified atom stereocenters. The van der Waals surface area contributed by atoms with Crippen LogP contribution >= 0.6 is 0 Å². The van der Waals surface area contributed by atoms with Gasteiger partial charge in [0.05, 0.1) is 13.2 Å². The number of nitrogens with one attached hydrogen (secondary N) is 1. The molecule has 2 aliphatic rings. The van der Waals surface area contributed by atoms with Crippen LogP contribution in [0.25, 0.3) is 0 Å². The van der Waals surface area contributed by atoms with Crippen LogP contribution in [-0.2, 0) is 14.3 Å². The Bertz CT molecular complexity index is 312. The van der Waals surface area contributed by atoms with Gasteiger partial charge >= 0.3 is 5.97 Å². The summed E-state index contributed by atoms with van der Waals surface area (Å²) in [6, 6.07) is 0.497. The largest absolute Gasteiger partial charge is 0.465 e. The Hall–Kier alpha value is -0.650. The third-order valence-corrected chi connectivity index (χ3v) is 4.07. The van der Waals surface area contributed by atoms with Crippen molar-refractivity contribution in [3.8, 4) is 0 Å². The predicted octanol–water partition coefficient (Wildman–Crippen LogP) is 1.17. The van der Waals surface area contributed by atoms with Crippen LogP contribution in [0.2, 0.25) is 0 Å². The molecule has 1 N–H and O–H groups in total. The van der Waals surface area contributed by atoms with Gasteiger partial charge in [0.2, 0.25) is 0 Å². The van der Waals surface area contributed by atoms with Crippen molar-refractivity contribution in [1.29, 1.82) is 0 Å². The average Bonchev–Trinajstić information content (AvgIpc) is 3.23. The molecule has 0 radical (unpaired) electrons. The van der Waals surface area contributed by atoms with Gasteiger partial charge in [-0.1, -0.05) is 0 Å². The van der Waals surface area contributed by atoms with E-state index in [-0.39, 0.29) is 5.97 Å². The van der Waals surface area contributed by atoms with Gasteiger partial charge in [-0.25, -0.2) is 0 Å². The van der Waals surface area contributed by atoms with Gasteiger partial charge in [0, 0.05) is 32.3 Å². The molecule has 0 aromatic carbocycles. The van der Waals surface area contributed by atoms with Crippen molar-refractivity contribution >= 4 is 5.97 Å². The number of carbonyl (C=O) groups excluding carboxylic acids is 1. The van der Waals surface area contributed by atoms with Crippen molar-refractivity contribution in [1.82, 2.24) is 10.2 Å². The summed E-state index contributed by atoms with van der Waals surface area (Å²) in [4.78, 5) is 14.6. The van der Waals surface area contributed by atoms with E-state index in [1.165, 1.54) is 12.8 Å². The van der Waals surface area contributed by atoms with E-state index in [0.29, 0.717) is 12.6 Å². The summed E-state index contributed by atoms with van der Waals surface area (Å²) in [5, 5.41) is 3.47. The number of ether oxygens (including phenoxy) is 2. The Morgan fingerprint density at radius 2 is 2.20 bits per heavy atom. The van der Waals surface area contributed by atoms with E-state index in [4.69, 9.17) is 9.47 Å². The Morgan fingerprint density at radius 3 is 2.90 bits per heavy atom. The van der Waals surface area contributed by atoms with Gasteiger partial charge < -0.3 is 14.4 Å². The van der Waals surface area contributed by atoms with Crippen LogP contribution in [0.4, 0.5) is 0 Å². The molecule has 116 valence electrons. The molecule has 1 atom stereocenters. The molecule has 0 bridgehead atoms. The van der Waals surface area contributed by atoms with Crippen molar-refractivity contribution in [2.75, 3.05) is 39.5 Å². The normalized spacial score (nSPS) is 23.9. The highest BCUT2D eigenvalue weighted by atomic mass is 16.5. The quantitative estimate of drug-likeness (QED) is 0.711. The Kier molecular flexibility index (Phi) is 5.81. The zero-order chi connectivity index (χ0) is 14.4. The van der Waals surface area contributed by atoms with Crippen LogP contribution in [0.5, 0.6) is 0 Å². The first kappa shape index (κ1) is 15.7. The first-order valence-electron chi connectivity index (χ1n) is 7.89. The lowest BCUT2D eigenvalue weighted by molar-refractivity contribution is -0.151. The third-order valence-electron chi connectivity index (χ3n) is 4.07. The fourth-order valence-corrected chi connectivity index (χ4v) is 2.60. The minimum absolute atomic E-state index is 0.113. The van der Waals surface area contributed by atoms with E-state index in [1.54, 1.807) is 0 Å². The molecular weight excluding hydrogens is 256 g/mol. The smallest absolute Gasteiger partial charge is 0.326 e. The van der Waals surface area contributed by atoms with Gasteiger partial charge in [0.15, 0.2) is 0 Å². The first-order chi connectivity index (χ1) is 9.64. The molecule has 5 heteroatoms. The summed E-state index contributed by atoms with van der Waals surface area (Å²) in [6.45, 7) is 8.87. The Labute approximate surface area is 122 Å². The number of hydrogen-bond acceptors (Lipinski definition) is 5. The SMILES string of the molecule is CCOC(=O)C(C)(CCN1CCCOCC1)NC1CC1. The maximum atomic E-state index is 12.2. The van der Waals surface area contributed by atoms with Gasteiger partial charge in [-0.05, 0) is 39.5 Å². The van der Waals surface area contributed by atoms with E-state index < -0.39 is 5.54 Å². The summed E-state index contributed by atoms with van der Waals surface area (Å²) < 4.78 is 10.7. The lowest BCUT2D eigenvalue weighted by atomic mass is 9.97. The summed E-state index contributed by atoms with van der Waals surface area (Å²) in [7, 11) is 0. The second kappa shape index (κ2) is 7.38. The lowest BCUT2D eigenvalue weighted by Crippen LogP contribution is -2.53. The monoisotopic (exact) mass is 284 g/mol. The fourth-order valence-electron chi connectivity index (χ4n) is 2.60. The molecule has 0 aromatic heterocycles. The van der Waals surface area contributed by atoms with Gasteiger partial charge in [-0.3, -0.25) is 10.1 Å². The van der Waals surface area contributed by atoms with Gasteiger partial charge in [-0.15, -0.1) is 0 Å². The average molecular weight is 284 g/mol. The fraction of sp³-hybridized carbons (Fsp3) is 0.933. The molecule has 2 rings (SSSR count). The maximum absolute atomic E-state index is 12.2. The highest BCUT2D eigenvalue weighted by Crippen LogP contribution is 2.25. The number of rotatable bonds is 7. The number of esters is 1. The molecule has 20 heavy (non-hydrogen) atoms. The molecule has 1 aliphatic heterocycles. The summed E-state index contributed by atoms with van der Waals surface area (Å²) in [5.41, 5.74) is -0.551. The molecule has 0 aromatic rings. The van der Waals surface area contributed by atoms with Crippen molar-refractivity contribution < 1.29 is 14.3 Å². The molecular formula is C15H28N2O3. The molecule has 0 spiro atoms. The number of carbonyl (C=O) groups is 1. The molecule has 1 saturated carbocycles. The standard InChI is InChI=1S/C15H28N2O3/c1-3-20-14(18)15(2,16-13-5-6-13)7-9-17-8-4-11-19-12-10-17/h13,16H,3-12H2,1-2H3. The molecule has 1 aliphatic carbocycles. The van der Waals surface area contributed by atoms with Crippen LogP contribution in [0.1, 0.15) is 39.5 Å². The maximum Gasteiger partial charge on any atom is 0.326 e. The van der Waals surface area contributed by atoms with Gasteiger partial charge in [0.1, 0.15) is 5.54 Å². The van der Waals surface area contributed by atoms with Crippen LogP contribution in [0.3, 0.4) is 0 Å². The van der Waals surface area contributed by atoms with E-state index >= 15 is 0 Å². The van der Waals surface area contributed by atoms with Crippen molar-refractivity contribution in [3.63, 3.8) is 0 Å². The summed E-state index contributed by atoms with van der Waals surface area (Å²) >= 11 is 0. The van der Waals surface area contributed by atoms with E-state index in [0.717, 1.165) is 45.7 Å². The molecule has 5 nitrogen and oxygen atoms in total. The number of nitrogens with zero attached hydrogens (tertiary/aromatic N) is 1. The van der Waals surface area contributed by atoms with Gasteiger partial charge in [-0.2, -0.15) is 0 Å². The van der Waals surface area contributed by atoms with Crippen LogP contribution in [-0.4, -0.2) is 61.9 Å².